The number of aryl methyl sites for hydroxylation is 1. The highest BCUT2D eigenvalue weighted by molar-refractivity contribution is 5.99. The van der Waals surface area contributed by atoms with Crippen LogP contribution in [-0.4, -0.2) is 21.7 Å². The molecule has 2 aromatic carbocycles. The molecule has 2 aliphatic heterocycles. The molecule has 5 rings (SSSR count). The summed E-state index contributed by atoms with van der Waals surface area (Å²) in [6, 6.07) is 7.66. The summed E-state index contributed by atoms with van der Waals surface area (Å²) >= 11 is 0. The second-order valence-corrected chi connectivity index (χ2v) is 7.32. The van der Waals surface area contributed by atoms with Gasteiger partial charge in [-0.3, -0.25) is 19.1 Å². The van der Waals surface area contributed by atoms with Crippen molar-refractivity contribution in [2.24, 2.45) is 4.99 Å². The molecule has 1 N–H and O–H groups in total. The second kappa shape index (κ2) is 6.98. The molecule has 0 fully saturated rings. The van der Waals surface area contributed by atoms with Crippen molar-refractivity contribution in [1.29, 1.82) is 0 Å². The minimum Gasteiger partial charge on any atom is -0.326 e. The summed E-state index contributed by atoms with van der Waals surface area (Å²) in [5, 5.41) is 2.73. The number of amides is 1. The van der Waals surface area contributed by atoms with Crippen LogP contribution in [0, 0.1) is 11.6 Å². The monoisotopic (exact) mass is 406 g/mol. The first-order valence-electron chi connectivity index (χ1n) is 9.52. The lowest BCUT2D eigenvalue weighted by atomic mass is 9.99. The molecule has 8 heteroatoms. The quantitative estimate of drug-likeness (QED) is 0.725. The van der Waals surface area contributed by atoms with E-state index in [4.69, 9.17) is 0 Å². The van der Waals surface area contributed by atoms with E-state index in [0.717, 1.165) is 11.8 Å². The molecule has 3 heterocycles. The lowest BCUT2D eigenvalue weighted by Gasteiger charge is -2.16. The molecule has 2 aliphatic rings. The number of hydrogen-bond donors (Lipinski definition) is 1. The number of nitrogens with one attached hydrogen (secondary N) is 1. The standard InChI is InChI=1S/C22H16F2N4O2/c23-16-7-13(12-3-4-18-14(6-12)9-20(29)27-18)8-17(24)15(16)11-28-21(30)10-26-19-2-1-5-25-22(19)28/h3-8,10H,1-2,9,11H2,(H,27,29). The van der Waals surface area contributed by atoms with Crippen molar-refractivity contribution in [2.75, 3.05) is 5.32 Å². The van der Waals surface area contributed by atoms with Crippen molar-refractivity contribution in [2.45, 2.75) is 25.8 Å². The SMILES string of the molecule is O=C1Cc2cc(-c3cc(F)c(Cn4c5c(ncc4=O)CCC=N5)c(F)c3)ccc2N1. The Bertz CT molecular complexity index is 1270. The maximum Gasteiger partial charge on any atom is 0.270 e. The third-order valence-electron chi connectivity index (χ3n) is 5.36. The Hall–Kier alpha value is -3.68. The summed E-state index contributed by atoms with van der Waals surface area (Å²) in [6.45, 7) is -0.276. The van der Waals surface area contributed by atoms with Crippen molar-refractivity contribution in [3.05, 3.63) is 75.3 Å². The summed E-state index contributed by atoms with van der Waals surface area (Å²) in [5.74, 6) is -1.27. The van der Waals surface area contributed by atoms with Gasteiger partial charge in [-0.1, -0.05) is 6.07 Å². The molecule has 0 unspecified atom stereocenters. The van der Waals surface area contributed by atoms with Crippen LogP contribution in [0.25, 0.3) is 11.1 Å². The molecule has 0 aliphatic carbocycles. The molecule has 0 saturated heterocycles. The van der Waals surface area contributed by atoms with Crippen molar-refractivity contribution in [1.82, 2.24) is 9.55 Å². The van der Waals surface area contributed by atoms with Crippen LogP contribution < -0.4 is 10.9 Å². The average Bonchev–Trinajstić information content (AvgIpc) is 3.11. The Kier molecular flexibility index (Phi) is 4.27. The van der Waals surface area contributed by atoms with Gasteiger partial charge in [0.2, 0.25) is 5.91 Å². The lowest BCUT2D eigenvalue weighted by Crippen LogP contribution is -2.24. The first-order valence-corrected chi connectivity index (χ1v) is 9.52. The third kappa shape index (κ3) is 3.10. The van der Waals surface area contributed by atoms with Crippen LogP contribution in [0.15, 0.2) is 46.3 Å². The van der Waals surface area contributed by atoms with Crippen LogP contribution in [-0.2, 0) is 24.2 Å². The van der Waals surface area contributed by atoms with Crippen LogP contribution in [0.2, 0.25) is 0 Å². The number of fused-ring (bicyclic) bond motifs is 2. The Morgan fingerprint density at radius 1 is 1.07 bits per heavy atom. The summed E-state index contributed by atoms with van der Waals surface area (Å²) in [6.07, 6.45) is 4.39. The van der Waals surface area contributed by atoms with Crippen LogP contribution in [0.3, 0.4) is 0 Å². The fourth-order valence-electron chi connectivity index (χ4n) is 3.83. The predicted molar refractivity (Wildman–Crippen MR) is 108 cm³/mol. The number of aromatic nitrogens is 2. The molecule has 0 radical (unpaired) electrons. The molecule has 0 atom stereocenters. The minimum absolute atomic E-state index is 0.108. The predicted octanol–water partition coefficient (Wildman–Crippen LogP) is 3.38. The van der Waals surface area contributed by atoms with Gasteiger partial charge in [0.15, 0.2) is 5.82 Å². The summed E-state index contributed by atoms with van der Waals surface area (Å²) < 4.78 is 31.1. The molecule has 3 aromatic rings. The van der Waals surface area contributed by atoms with Crippen LogP contribution >= 0.6 is 0 Å². The zero-order chi connectivity index (χ0) is 20.8. The summed E-state index contributed by atoms with van der Waals surface area (Å²) in [5.41, 5.74) is 2.42. The van der Waals surface area contributed by atoms with Gasteiger partial charge in [-0.25, -0.2) is 13.8 Å². The summed E-state index contributed by atoms with van der Waals surface area (Å²) in [4.78, 5) is 32.1. The molecule has 6 nitrogen and oxygen atoms in total. The topological polar surface area (TPSA) is 76.3 Å². The van der Waals surface area contributed by atoms with E-state index in [2.05, 4.69) is 15.3 Å². The Balaban J connectivity index is 1.53. The molecule has 150 valence electrons. The minimum atomic E-state index is -0.753. The highest BCUT2D eigenvalue weighted by Gasteiger charge is 2.20. The van der Waals surface area contributed by atoms with Crippen LogP contribution in [0.4, 0.5) is 20.3 Å². The van der Waals surface area contributed by atoms with Gasteiger partial charge in [-0.05, 0) is 53.8 Å². The number of carbonyl (C=O) groups is 1. The molecule has 30 heavy (non-hydrogen) atoms. The first-order chi connectivity index (χ1) is 14.5. The molecule has 0 bridgehead atoms. The summed E-state index contributed by atoms with van der Waals surface area (Å²) in [7, 11) is 0. The smallest absolute Gasteiger partial charge is 0.270 e. The number of anilines is 1. The highest BCUT2D eigenvalue weighted by Crippen LogP contribution is 2.31. The van der Waals surface area contributed by atoms with Gasteiger partial charge >= 0.3 is 0 Å². The van der Waals surface area contributed by atoms with E-state index < -0.39 is 17.2 Å². The van der Waals surface area contributed by atoms with E-state index in [9.17, 15) is 18.4 Å². The van der Waals surface area contributed by atoms with Crippen molar-refractivity contribution in [3.63, 3.8) is 0 Å². The van der Waals surface area contributed by atoms with Crippen LogP contribution in [0.1, 0.15) is 23.2 Å². The van der Waals surface area contributed by atoms with Gasteiger partial charge in [0.25, 0.3) is 5.56 Å². The fraction of sp³-hybridized carbons (Fsp3) is 0.182. The molecule has 0 saturated carbocycles. The van der Waals surface area contributed by atoms with E-state index >= 15 is 0 Å². The Morgan fingerprint density at radius 2 is 1.87 bits per heavy atom. The highest BCUT2D eigenvalue weighted by atomic mass is 19.1. The van der Waals surface area contributed by atoms with Gasteiger partial charge in [-0.2, -0.15) is 0 Å². The molecule has 1 aromatic heterocycles. The fourth-order valence-corrected chi connectivity index (χ4v) is 3.83. The first kappa shape index (κ1) is 18.4. The third-order valence-corrected chi connectivity index (χ3v) is 5.36. The zero-order valence-electron chi connectivity index (χ0n) is 15.8. The normalized spacial score (nSPS) is 14.4. The number of benzene rings is 2. The Labute approximate surface area is 169 Å². The Morgan fingerprint density at radius 3 is 2.67 bits per heavy atom. The molecular formula is C22H16F2N4O2. The van der Waals surface area contributed by atoms with Crippen LogP contribution in [0.5, 0.6) is 0 Å². The lowest BCUT2D eigenvalue weighted by molar-refractivity contribution is -0.115. The van der Waals surface area contributed by atoms with Gasteiger partial charge in [-0.15, -0.1) is 0 Å². The van der Waals surface area contributed by atoms with Gasteiger partial charge in [0, 0.05) is 17.5 Å². The molecule has 1 amide bonds. The van der Waals surface area contributed by atoms with Crippen molar-refractivity contribution in [3.8, 4) is 11.1 Å². The molecule has 0 spiro atoms. The maximum atomic E-state index is 14.9. The largest absolute Gasteiger partial charge is 0.326 e. The van der Waals surface area contributed by atoms with Gasteiger partial charge in [0.05, 0.1) is 24.9 Å². The van der Waals surface area contributed by atoms with Crippen molar-refractivity contribution < 1.29 is 13.6 Å². The number of nitrogens with zero attached hydrogens (tertiary/aromatic N) is 3. The van der Waals surface area contributed by atoms with Gasteiger partial charge in [0.1, 0.15) is 11.6 Å². The van der Waals surface area contributed by atoms with E-state index in [1.807, 2.05) is 0 Å². The number of halogens is 2. The average molecular weight is 406 g/mol. The van der Waals surface area contributed by atoms with E-state index in [1.165, 1.54) is 16.7 Å². The van der Waals surface area contributed by atoms with Crippen molar-refractivity contribution >= 4 is 23.6 Å². The van der Waals surface area contributed by atoms with E-state index in [-0.39, 0.29) is 24.4 Å². The number of hydrogen-bond acceptors (Lipinski definition) is 4. The maximum absolute atomic E-state index is 14.9. The second-order valence-electron chi connectivity index (χ2n) is 7.32. The number of carbonyl (C=O) groups excluding carboxylic acids is 1. The van der Waals surface area contributed by atoms with E-state index in [0.29, 0.717) is 41.2 Å². The van der Waals surface area contributed by atoms with E-state index in [1.54, 1.807) is 24.4 Å². The number of rotatable bonds is 3. The van der Waals surface area contributed by atoms with Gasteiger partial charge < -0.3 is 5.32 Å². The molecular weight excluding hydrogens is 390 g/mol. The number of aliphatic imine (C=N–C) groups is 1. The zero-order valence-corrected chi connectivity index (χ0v) is 15.8.